The lowest BCUT2D eigenvalue weighted by Crippen LogP contribution is -2.47. The third-order valence-electron chi connectivity index (χ3n) is 4.32. The number of aromatic nitrogens is 3. The van der Waals surface area contributed by atoms with Crippen LogP contribution in [0.25, 0.3) is 0 Å². The van der Waals surface area contributed by atoms with Gasteiger partial charge in [0.2, 0.25) is 0 Å². The number of rotatable bonds is 5. The molecule has 0 bridgehead atoms. The highest BCUT2D eigenvalue weighted by Crippen LogP contribution is 2.27. The molecule has 0 aliphatic carbocycles. The van der Waals surface area contributed by atoms with E-state index in [4.69, 9.17) is 4.74 Å². The summed E-state index contributed by atoms with van der Waals surface area (Å²) in [7, 11) is 0. The van der Waals surface area contributed by atoms with E-state index in [0.29, 0.717) is 11.9 Å². The molecule has 1 aliphatic heterocycles. The molecule has 0 N–H and O–H groups in total. The largest absolute Gasteiger partial charge is 0.472 e. The molecule has 24 heavy (non-hydrogen) atoms. The summed E-state index contributed by atoms with van der Waals surface area (Å²) >= 11 is 0. The van der Waals surface area contributed by atoms with Crippen molar-refractivity contribution in [1.29, 1.82) is 0 Å². The first-order valence-corrected chi connectivity index (χ1v) is 8.51. The summed E-state index contributed by atoms with van der Waals surface area (Å²) < 4.78 is 5.81. The van der Waals surface area contributed by atoms with Crippen molar-refractivity contribution in [3.05, 3.63) is 42.5 Å². The van der Waals surface area contributed by atoms with E-state index in [1.165, 1.54) is 5.56 Å². The highest BCUT2D eigenvalue weighted by atomic mass is 16.5. The highest BCUT2D eigenvalue weighted by molar-refractivity contribution is 5.48. The SMILES string of the molecule is CC(C)Oc1nccnc1N1CCN(C(C)c2cccnc2)CC1. The molecule has 1 unspecified atom stereocenters. The maximum absolute atomic E-state index is 5.81. The molecule has 3 rings (SSSR count). The molecule has 0 radical (unpaired) electrons. The molecule has 1 atom stereocenters. The zero-order chi connectivity index (χ0) is 16.9. The summed E-state index contributed by atoms with van der Waals surface area (Å²) in [6, 6.07) is 4.51. The van der Waals surface area contributed by atoms with Crippen LogP contribution >= 0.6 is 0 Å². The zero-order valence-electron chi connectivity index (χ0n) is 14.6. The van der Waals surface area contributed by atoms with Crippen molar-refractivity contribution in [3.63, 3.8) is 0 Å². The molecule has 128 valence electrons. The second-order valence-electron chi connectivity index (χ2n) is 6.34. The average molecular weight is 327 g/mol. The van der Waals surface area contributed by atoms with Crippen molar-refractivity contribution in [1.82, 2.24) is 19.9 Å². The number of anilines is 1. The molecular formula is C18H25N5O. The zero-order valence-corrected chi connectivity index (χ0v) is 14.6. The summed E-state index contributed by atoms with van der Waals surface area (Å²) in [6.45, 7) is 10.0. The number of pyridine rings is 1. The Bertz CT molecular complexity index is 641. The van der Waals surface area contributed by atoms with Crippen molar-refractivity contribution < 1.29 is 4.74 Å². The van der Waals surface area contributed by atoms with Crippen molar-refractivity contribution in [2.45, 2.75) is 32.9 Å². The summed E-state index contributed by atoms with van der Waals surface area (Å²) in [5, 5.41) is 0. The molecule has 1 aliphatic rings. The molecule has 3 heterocycles. The lowest BCUT2D eigenvalue weighted by molar-refractivity contribution is 0.195. The number of hydrogen-bond acceptors (Lipinski definition) is 6. The van der Waals surface area contributed by atoms with Crippen LogP contribution in [0.2, 0.25) is 0 Å². The van der Waals surface area contributed by atoms with Crippen LogP contribution in [0.1, 0.15) is 32.4 Å². The summed E-state index contributed by atoms with van der Waals surface area (Å²) in [5.41, 5.74) is 1.26. The van der Waals surface area contributed by atoms with Crippen LogP contribution in [0.15, 0.2) is 36.9 Å². The molecule has 1 saturated heterocycles. The van der Waals surface area contributed by atoms with Gasteiger partial charge in [-0.3, -0.25) is 9.88 Å². The van der Waals surface area contributed by atoms with E-state index >= 15 is 0 Å². The van der Waals surface area contributed by atoms with Crippen molar-refractivity contribution in [2.24, 2.45) is 0 Å². The van der Waals surface area contributed by atoms with E-state index in [0.717, 1.165) is 32.0 Å². The molecule has 6 nitrogen and oxygen atoms in total. The highest BCUT2D eigenvalue weighted by Gasteiger charge is 2.25. The van der Waals surface area contributed by atoms with Gasteiger partial charge in [0.1, 0.15) is 0 Å². The van der Waals surface area contributed by atoms with Crippen LogP contribution in [0.4, 0.5) is 5.82 Å². The minimum atomic E-state index is 0.0901. The van der Waals surface area contributed by atoms with Crippen LogP contribution in [0.3, 0.4) is 0 Å². The van der Waals surface area contributed by atoms with Crippen LogP contribution in [-0.4, -0.2) is 52.1 Å². The Labute approximate surface area is 143 Å². The Hall–Kier alpha value is -2.21. The minimum Gasteiger partial charge on any atom is -0.472 e. The first-order valence-electron chi connectivity index (χ1n) is 8.51. The van der Waals surface area contributed by atoms with Gasteiger partial charge >= 0.3 is 0 Å². The lowest BCUT2D eigenvalue weighted by atomic mass is 10.1. The lowest BCUT2D eigenvalue weighted by Gasteiger charge is -2.38. The molecule has 0 saturated carbocycles. The van der Waals surface area contributed by atoms with E-state index in [9.17, 15) is 0 Å². The molecular weight excluding hydrogens is 302 g/mol. The second-order valence-corrected chi connectivity index (χ2v) is 6.34. The summed E-state index contributed by atoms with van der Waals surface area (Å²) in [6.07, 6.45) is 7.27. The van der Waals surface area contributed by atoms with Gasteiger partial charge in [-0.1, -0.05) is 6.07 Å². The second kappa shape index (κ2) is 7.57. The Morgan fingerprint density at radius 1 is 1.00 bits per heavy atom. The fraction of sp³-hybridized carbons (Fsp3) is 0.500. The van der Waals surface area contributed by atoms with Gasteiger partial charge in [0.05, 0.1) is 6.10 Å². The molecule has 1 fully saturated rings. The number of piperazine rings is 1. The average Bonchev–Trinajstić information content (AvgIpc) is 2.62. The maximum Gasteiger partial charge on any atom is 0.257 e. The Morgan fingerprint density at radius 3 is 2.42 bits per heavy atom. The predicted octanol–water partition coefficient (Wildman–Crippen LogP) is 2.54. The minimum absolute atomic E-state index is 0.0901. The van der Waals surface area contributed by atoms with E-state index < -0.39 is 0 Å². The van der Waals surface area contributed by atoms with E-state index in [1.807, 2.05) is 32.3 Å². The van der Waals surface area contributed by atoms with Crippen molar-refractivity contribution in [2.75, 3.05) is 31.1 Å². The van der Waals surface area contributed by atoms with Gasteiger partial charge in [-0.25, -0.2) is 9.97 Å². The molecule has 6 heteroatoms. The van der Waals surface area contributed by atoms with Crippen molar-refractivity contribution >= 4 is 5.82 Å². The quantitative estimate of drug-likeness (QED) is 0.841. The van der Waals surface area contributed by atoms with Gasteiger partial charge in [0.15, 0.2) is 5.82 Å². The Balaban J connectivity index is 1.65. The first-order chi connectivity index (χ1) is 11.6. The predicted molar refractivity (Wildman–Crippen MR) is 94.2 cm³/mol. The maximum atomic E-state index is 5.81. The van der Waals surface area contributed by atoms with Crippen LogP contribution in [0, 0.1) is 0 Å². The molecule has 0 aromatic carbocycles. The normalized spacial score (nSPS) is 17.1. The van der Waals surface area contributed by atoms with E-state index in [2.05, 4.69) is 37.7 Å². The molecule has 0 spiro atoms. The third kappa shape index (κ3) is 3.82. The van der Waals surface area contributed by atoms with E-state index in [1.54, 1.807) is 12.4 Å². The van der Waals surface area contributed by atoms with E-state index in [-0.39, 0.29) is 6.10 Å². The van der Waals surface area contributed by atoms with Gasteiger partial charge in [-0.05, 0) is 32.4 Å². The van der Waals surface area contributed by atoms with Crippen LogP contribution in [-0.2, 0) is 0 Å². The number of ether oxygens (including phenoxy) is 1. The van der Waals surface area contributed by atoms with Crippen LogP contribution in [0.5, 0.6) is 5.88 Å². The molecule has 2 aromatic heterocycles. The van der Waals surface area contributed by atoms with Gasteiger partial charge in [0, 0.05) is 57.0 Å². The number of nitrogens with zero attached hydrogens (tertiary/aromatic N) is 5. The third-order valence-corrected chi connectivity index (χ3v) is 4.32. The smallest absolute Gasteiger partial charge is 0.257 e. The Morgan fingerprint density at radius 2 is 1.75 bits per heavy atom. The summed E-state index contributed by atoms with van der Waals surface area (Å²) in [4.78, 5) is 17.8. The number of hydrogen-bond donors (Lipinski definition) is 0. The monoisotopic (exact) mass is 327 g/mol. The Kier molecular flexibility index (Phi) is 5.25. The van der Waals surface area contributed by atoms with Gasteiger partial charge in [-0.15, -0.1) is 0 Å². The van der Waals surface area contributed by atoms with Crippen LogP contribution < -0.4 is 9.64 Å². The fourth-order valence-corrected chi connectivity index (χ4v) is 3.00. The fourth-order valence-electron chi connectivity index (χ4n) is 3.00. The summed E-state index contributed by atoms with van der Waals surface area (Å²) in [5.74, 6) is 1.47. The van der Waals surface area contributed by atoms with Gasteiger partial charge < -0.3 is 9.64 Å². The van der Waals surface area contributed by atoms with Gasteiger partial charge in [-0.2, -0.15) is 0 Å². The first kappa shape index (κ1) is 16.6. The topological polar surface area (TPSA) is 54.4 Å². The standard InChI is InChI=1S/C18H25N5O/c1-14(2)24-18-17(20-7-8-21-18)23-11-9-22(10-12-23)15(3)16-5-4-6-19-13-16/h4-8,13-15H,9-12H2,1-3H3. The van der Waals surface area contributed by atoms with Crippen molar-refractivity contribution in [3.8, 4) is 5.88 Å². The molecule has 0 amide bonds. The van der Waals surface area contributed by atoms with Gasteiger partial charge in [0.25, 0.3) is 5.88 Å². The molecule has 2 aromatic rings.